The number of para-hydroxylation sites is 2. The number of aromatic nitrogens is 5. The van der Waals surface area contributed by atoms with Crippen molar-refractivity contribution in [2.24, 2.45) is 20.5 Å². The second-order valence-electron chi connectivity index (χ2n) is 21.7. The predicted molar refractivity (Wildman–Crippen MR) is 373 cm³/mol. The van der Waals surface area contributed by atoms with E-state index in [0.717, 1.165) is 46.2 Å². The summed E-state index contributed by atoms with van der Waals surface area (Å²) in [6.07, 6.45) is 1.34. The Labute approximate surface area is 573 Å². The molecule has 9 rings (SSSR count). The van der Waals surface area contributed by atoms with E-state index in [1.54, 1.807) is 17.0 Å². The molecular weight excluding hydrogens is 1350 g/mol. The van der Waals surface area contributed by atoms with Gasteiger partial charge in [-0.1, -0.05) is 46.9 Å². The third-order valence-corrected chi connectivity index (χ3v) is 19.1. The number of aliphatic hydroxyl groups excluding tert-OH is 2. The quantitative estimate of drug-likeness (QED) is 0.00662. The summed E-state index contributed by atoms with van der Waals surface area (Å²) in [5.74, 6) is -3.98. The fraction of sp³-hybridized carbons (Fsp3) is 0.371. The Hall–Kier alpha value is -9.37. The summed E-state index contributed by atoms with van der Waals surface area (Å²) >= 11 is 1.95. The van der Waals surface area contributed by atoms with E-state index >= 15 is 0 Å². The van der Waals surface area contributed by atoms with Crippen molar-refractivity contribution in [1.82, 2.24) is 24.9 Å². The number of hydrogen-bond donors (Lipinski definition) is 8. The number of carbonyl (C=O) groups is 4. The number of carbonyl (C=O) groups excluding carboxylic acids is 4. The van der Waals surface area contributed by atoms with E-state index in [1.807, 2.05) is 61.8 Å². The Morgan fingerprint density at radius 1 is 0.592 bits per heavy atom. The minimum atomic E-state index is -4.78. The smallest absolute Gasteiger partial charge is 0.296 e. The summed E-state index contributed by atoms with van der Waals surface area (Å²) in [5, 5.41) is 50.9. The number of morpholine rings is 2. The number of aliphatic hydroxyl groups is 2. The van der Waals surface area contributed by atoms with E-state index in [4.69, 9.17) is 34.4 Å². The Balaban J connectivity index is 1.10. The molecule has 2 aliphatic heterocycles. The lowest BCUT2D eigenvalue weighted by molar-refractivity contribution is -0.126. The molecule has 7 aromatic rings. The number of anilines is 11. The van der Waals surface area contributed by atoms with Crippen LogP contribution in [0.15, 0.2) is 121 Å². The number of Topliss-reactive ketones (excluding diaryl/α,β-unsaturated/α-hetero) is 2. The van der Waals surface area contributed by atoms with Gasteiger partial charge in [-0.2, -0.15) is 41.8 Å². The van der Waals surface area contributed by atoms with Gasteiger partial charge in [0.2, 0.25) is 34.0 Å². The fourth-order valence-corrected chi connectivity index (χ4v) is 13.7. The SMILES string of the molecule is CCN(CC)c1ccc(/N=N/c2nc(N3CCOCC3)c(/C=C(\C(C)=O)C(=O)Nc3ccccc3S(=O)(=O)O)s2)c(Nc2nc(Nc3cc(N(CC)CC)ccc3/N=N/c3nc(N4CCOCC4)c(C(C(C)=O)C(=O)Nc4ccccc4S(=O)(=O)O)s3)nc(N(CCO)CCO)n2)c1. The number of thiazole rings is 2. The molecule has 0 radical (unpaired) electrons. The van der Waals surface area contributed by atoms with Gasteiger partial charge in [0.05, 0.1) is 77.7 Å². The third kappa shape index (κ3) is 18.2. The molecule has 520 valence electrons. The number of rotatable bonds is 31. The topological polar surface area (TPSA) is 414 Å². The Morgan fingerprint density at radius 3 is 1.51 bits per heavy atom. The Morgan fingerprint density at radius 2 is 1.05 bits per heavy atom. The Kier molecular flexibility index (Phi) is 24.7. The van der Waals surface area contributed by atoms with Crippen LogP contribution < -0.4 is 45.8 Å². The zero-order valence-electron chi connectivity index (χ0n) is 54.3. The third-order valence-electron chi connectivity index (χ3n) is 15.4. The molecule has 2 aliphatic rings. The molecule has 1 atom stereocenters. The second kappa shape index (κ2) is 33.3. The van der Waals surface area contributed by atoms with E-state index in [9.17, 15) is 55.3 Å². The molecule has 8 N–H and O–H groups in total. The molecule has 98 heavy (non-hydrogen) atoms. The van der Waals surface area contributed by atoms with Crippen LogP contribution in [0.4, 0.5) is 85.2 Å². The molecule has 32 nitrogen and oxygen atoms in total. The molecule has 4 aromatic carbocycles. The van der Waals surface area contributed by atoms with Gasteiger partial charge in [0.15, 0.2) is 5.78 Å². The standard InChI is InChI=1S/C62H74N18O14S4/c1-7-76(8-2)40-19-21-43(72-74-61-67-54(78-25-31-93-32-26-78)49(95-61)37-42(38(5)83)56(85)63-45-15-11-13-17-50(45)97(87,88)89)47(35-40)65-58-69-59(71-60(70-58)80(23-29-81)24-30-82)66-48-36-41(77(9-3)10-4)20-22-44(48)73-75-62-68-55(79-27-33-94-34-28-79)53(96-62)52(39(6)84)57(86)64-46-16-12-14-18-51(46)98(90,91)92/h11-22,35-37,52,81-82H,7-10,23-34H2,1-6H3,(H,63,85)(H,64,86)(H,87,88,89)(H,90,91,92)(H2,65,66,69,70,71)/b42-37+,74-72+,75-73+. The highest BCUT2D eigenvalue weighted by Crippen LogP contribution is 2.43. The largest absolute Gasteiger partial charge is 0.395 e. The second-order valence-corrected chi connectivity index (χ2v) is 26.5. The maximum atomic E-state index is 14.2. The highest BCUT2D eigenvalue weighted by molar-refractivity contribution is 7.86. The Bertz CT molecular complexity index is 4360. The lowest BCUT2D eigenvalue weighted by atomic mass is 10.0. The highest BCUT2D eigenvalue weighted by atomic mass is 32.2. The van der Waals surface area contributed by atoms with Gasteiger partial charge in [0, 0.05) is 76.8 Å². The van der Waals surface area contributed by atoms with Crippen LogP contribution in [0.3, 0.4) is 0 Å². The van der Waals surface area contributed by atoms with Crippen molar-refractivity contribution in [3.05, 3.63) is 100 Å². The number of nitrogens with zero attached hydrogens (tertiary/aromatic N) is 14. The number of ketones is 2. The van der Waals surface area contributed by atoms with Gasteiger partial charge in [-0.25, -0.2) is 0 Å². The van der Waals surface area contributed by atoms with Gasteiger partial charge in [0.25, 0.3) is 26.1 Å². The predicted octanol–water partition coefficient (Wildman–Crippen LogP) is 8.68. The summed E-state index contributed by atoms with van der Waals surface area (Å²) in [6, 6.07) is 21.3. The minimum Gasteiger partial charge on any atom is -0.395 e. The molecule has 3 aromatic heterocycles. The van der Waals surface area contributed by atoms with Crippen molar-refractivity contribution in [2.75, 3.05) is 151 Å². The molecule has 1 unspecified atom stereocenters. The van der Waals surface area contributed by atoms with E-state index in [0.29, 0.717) is 101 Å². The van der Waals surface area contributed by atoms with Gasteiger partial charge < -0.3 is 65.5 Å². The van der Waals surface area contributed by atoms with E-state index in [2.05, 4.69) is 51.5 Å². The van der Waals surface area contributed by atoms with Gasteiger partial charge in [-0.05, 0) is 108 Å². The maximum absolute atomic E-state index is 14.2. The fourth-order valence-electron chi connectivity index (χ4n) is 10.5. The van der Waals surface area contributed by atoms with Crippen LogP contribution in [-0.4, -0.2) is 190 Å². The average Bonchev–Trinajstić information content (AvgIpc) is 1.60. The first-order chi connectivity index (χ1) is 47.0. The maximum Gasteiger partial charge on any atom is 0.296 e. The number of hydrogen-bond acceptors (Lipinski definition) is 30. The van der Waals surface area contributed by atoms with Crippen LogP contribution in [0.25, 0.3) is 6.08 Å². The summed E-state index contributed by atoms with van der Waals surface area (Å²) < 4.78 is 80.1. The van der Waals surface area contributed by atoms with Crippen molar-refractivity contribution in [2.45, 2.75) is 57.3 Å². The molecule has 0 saturated carbocycles. The molecule has 0 aliphatic carbocycles. The lowest BCUT2D eigenvalue weighted by Crippen LogP contribution is -2.38. The van der Waals surface area contributed by atoms with Crippen LogP contribution in [0.1, 0.15) is 57.2 Å². The summed E-state index contributed by atoms with van der Waals surface area (Å²) in [5.41, 5.74) is 1.94. The van der Waals surface area contributed by atoms with Crippen LogP contribution in [0.2, 0.25) is 0 Å². The van der Waals surface area contributed by atoms with Crippen LogP contribution in [0.5, 0.6) is 0 Å². The van der Waals surface area contributed by atoms with Gasteiger partial charge in [0.1, 0.15) is 44.5 Å². The summed E-state index contributed by atoms with van der Waals surface area (Å²) in [6.45, 7) is 15.1. The van der Waals surface area contributed by atoms with Crippen LogP contribution >= 0.6 is 22.7 Å². The zero-order chi connectivity index (χ0) is 70.3. The number of amides is 2. The molecule has 0 bridgehead atoms. The van der Waals surface area contributed by atoms with Crippen LogP contribution in [0, 0.1) is 0 Å². The molecule has 2 amide bonds. The number of ether oxygens (including phenoxy) is 2. The van der Waals surface area contributed by atoms with Crippen molar-refractivity contribution in [3.8, 4) is 0 Å². The molecule has 2 saturated heterocycles. The highest BCUT2D eigenvalue weighted by Gasteiger charge is 2.35. The van der Waals surface area contributed by atoms with E-state index in [1.165, 1.54) is 56.3 Å². The number of azo groups is 2. The molecule has 36 heteroatoms. The average molecular weight is 1420 g/mol. The molecule has 5 heterocycles. The number of benzene rings is 4. The van der Waals surface area contributed by atoms with Gasteiger partial charge in [-0.3, -0.25) is 28.3 Å². The van der Waals surface area contributed by atoms with Crippen molar-refractivity contribution < 1.29 is 64.8 Å². The number of nitrogens with one attached hydrogen (secondary N) is 4. The minimum absolute atomic E-state index is 0.00152. The monoisotopic (exact) mass is 1420 g/mol. The lowest BCUT2D eigenvalue weighted by Gasteiger charge is -2.28. The van der Waals surface area contributed by atoms with Gasteiger partial charge in [-0.15, -0.1) is 20.5 Å². The molecular formula is C62H74N18O14S4. The molecule has 0 spiro atoms. The molecule has 2 fully saturated rings. The van der Waals surface area contributed by atoms with Crippen LogP contribution in [-0.2, 0) is 48.9 Å². The van der Waals surface area contributed by atoms with Crippen molar-refractivity contribution in [1.29, 1.82) is 0 Å². The summed E-state index contributed by atoms with van der Waals surface area (Å²) in [7, 11) is -9.55. The first-order valence-electron chi connectivity index (χ1n) is 31.1. The summed E-state index contributed by atoms with van der Waals surface area (Å²) in [4.78, 5) is 87.8. The van der Waals surface area contributed by atoms with E-state index < -0.39 is 59.3 Å². The zero-order valence-corrected chi connectivity index (χ0v) is 57.6. The normalized spacial score (nSPS) is 14.2. The first kappa shape index (κ1) is 72.9. The van der Waals surface area contributed by atoms with Crippen molar-refractivity contribution >= 4 is 158 Å². The van der Waals surface area contributed by atoms with Crippen molar-refractivity contribution in [3.63, 3.8) is 0 Å². The van der Waals surface area contributed by atoms with Gasteiger partial charge >= 0.3 is 0 Å². The van der Waals surface area contributed by atoms with E-state index in [-0.39, 0.29) is 93.4 Å². The first-order valence-corrected chi connectivity index (χ1v) is 35.6.